The first-order valence-corrected chi connectivity index (χ1v) is 11.2. The Morgan fingerprint density at radius 2 is 1.96 bits per heavy atom. The number of unbranched alkanes of at least 4 members (excludes halogenated alkanes) is 2. The summed E-state index contributed by atoms with van der Waals surface area (Å²) in [4.78, 5) is 22.0. The normalized spacial score (nSPS) is 12.2. The van der Waals surface area contributed by atoms with Gasteiger partial charge in [-0.15, -0.1) is 11.3 Å². The van der Waals surface area contributed by atoms with Crippen molar-refractivity contribution in [2.75, 3.05) is 7.05 Å². The third-order valence-electron chi connectivity index (χ3n) is 4.77. The van der Waals surface area contributed by atoms with Crippen molar-refractivity contribution < 1.29 is 4.79 Å². The average Bonchev–Trinajstić information content (AvgIpc) is 3.00. The molecular weight excluding hydrogens is 422 g/mol. The molecule has 1 unspecified atom stereocenters. The maximum Gasteiger partial charge on any atom is 0.126 e. The molecule has 2 heterocycles. The Kier molecular flexibility index (Phi) is 10.8. The Morgan fingerprint density at radius 3 is 2.59 bits per heavy atom. The molecule has 150 valence electrons. The quantitative estimate of drug-likeness (QED) is 0.237. The summed E-state index contributed by atoms with van der Waals surface area (Å²) in [5.74, 6) is 0. The summed E-state index contributed by atoms with van der Waals surface area (Å²) in [5, 5.41) is 1.18. The van der Waals surface area contributed by atoms with Crippen molar-refractivity contribution in [3.8, 4) is 0 Å². The Hall–Kier alpha value is -1.27. The molecule has 0 fully saturated rings. The highest BCUT2D eigenvalue weighted by molar-refractivity contribution is 9.10. The van der Waals surface area contributed by atoms with Gasteiger partial charge in [0.05, 0.1) is 12.0 Å². The number of carbonyl (C=O) groups is 1. The Labute approximate surface area is 176 Å². The van der Waals surface area contributed by atoms with Gasteiger partial charge >= 0.3 is 0 Å². The van der Waals surface area contributed by atoms with Crippen molar-refractivity contribution in [1.82, 2.24) is 9.88 Å². The number of thiophene rings is 1. The topological polar surface area (TPSA) is 45.6 Å². The van der Waals surface area contributed by atoms with E-state index in [0.717, 1.165) is 15.0 Å². The number of pyridine rings is 1. The van der Waals surface area contributed by atoms with Crippen LogP contribution >= 0.6 is 27.3 Å². The SMILES string of the molecule is C=O.CCCCCC(CCC)N(C)C=Nc1c(C)sc2ncc(Br)c(C)c12. The molecule has 0 aliphatic carbocycles. The van der Waals surface area contributed by atoms with Crippen LogP contribution in [-0.2, 0) is 4.79 Å². The lowest BCUT2D eigenvalue weighted by Crippen LogP contribution is -2.30. The van der Waals surface area contributed by atoms with E-state index in [1.165, 1.54) is 54.4 Å². The second kappa shape index (κ2) is 12.2. The van der Waals surface area contributed by atoms with E-state index >= 15 is 0 Å². The number of nitrogens with zero attached hydrogens (tertiary/aromatic N) is 3. The number of fused-ring (bicyclic) bond motifs is 1. The third kappa shape index (κ3) is 6.39. The molecule has 0 spiro atoms. The predicted octanol–water partition coefficient (Wildman–Crippen LogP) is 6.83. The van der Waals surface area contributed by atoms with Crippen molar-refractivity contribution >= 4 is 56.3 Å². The summed E-state index contributed by atoms with van der Waals surface area (Å²) >= 11 is 5.32. The van der Waals surface area contributed by atoms with Crippen molar-refractivity contribution in [3.05, 3.63) is 21.1 Å². The highest BCUT2D eigenvalue weighted by Crippen LogP contribution is 2.40. The van der Waals surface area contributed by atoms with Crippen molar-refractivity contribution in [1.29, 1.82) is 0 Å². The molecule has 0 saturated carbocycles. The van der Waals surface area contributed by atoms with Gasteiger partial charge in [0.25, 0.3) is 0 Å². The molecule has 4 nitrogen and oxygen atoms in total. The fourth-order valence-corrected chi connectivity index (χ4v) is 4.49. The van der Waals surface area contributed by atoms with Gasteiger partial charge in [0.1, 0.15) is 11.6 Å². The molecule has 2 aromatic rings. The van der Waals surface area contributed by atoms with Crippen LogP contribution in [0.15, 0.2) is 15.7 Å². The molecule has 0 N–H and O–H groups in total. The number of rotatable bonds is 9. The number of aliphatic imine (C=N–C) groups is 1. The molecular formula is C21H32BrN3OS. The van der Waals surface area contributed by atoms with E-state index in [1.54, 1.807) is 11.3 Å². The van der Waals surface area contributed by atoms with Crippen LogP contribution in [-0.4, -0.2) is 36.1 Å². The fraction of sp³-hybridized carbons (Fsp3) is 0.571. The maximum absolute atomic E-state index is 8.00. The Morgan fingerprint density at radius 1 is 1.26 bits per heavy atom. The van der Waals surface area contributed by atoms with E-state index in [9.17, 15) is 0 Å². The van der Waals surface area contributed by atoms with Crippen LogP contribution in [0, 0.1) is 13.8 Å². The first kappa shape index (κ1) is 23.8. The minimum atomic E-state index is 0.580. The predicted molar refractivity (Wildman–Crippen MR) is 123 cm³/mol. The average molecular weight is 454 g/mol. The van der Waals surface area contributed by atoms with Gasteiger partial charge in [-0.05, 0) is 48.2 Å². The maximum atomic E-state index is 8.00. The van der Waals surface area contributed by atoms with E-state index in [0.29, 0.717) is 6.04 Å². The van der Waals surface area contributed by atoms with Crippen LogP contribution in [0.3, 0.4) is 0 Å². The van der Waals surface area contributed by atoms with Crippen molar-refractivity contribution in [2.24, 2.45) is 4.99 Å². The standard InChI is InChI=1S/C20H30BrN3S.CH2O/c1-6-8-9-11-16(10-7-2)24(5)13-23-19-15(4)25-20-18(19)14(3)17(21)12-22-20;1-2/h12-13,16H,6-11H2,1-5H3;1H2. The van der Waals surface area contributed by atoms with Crippen LogP contribution < -0.4 is 0 Å². The van der Waals surface area contributed by atoms with Gasteiger partial charge in [-0.25, -0.2) is 9.98 Å². The minimum absolute atomic E-state index is 0.580. The molecule has 2 rings (SSSR count). The number of hydrogen-bond donors (Lipinski definition) is 0. The molecule has 2 aromatic heterocycles. The van der Waals surface area contributed by atoms with Gasteiger partial charge in [-0.1, -0.05) is 39.5 Å². The zero-order valence-corrected chi connectivity index (χ0v) is 19.6. The first-order valence-electron chi connectivity index (χ1n) is 9.58. The fourth-order valence-electron chi connectivity index (χ4n) is 3.20. The van der Waals surface area contributed by atoms with E-state index in [-0.39, 0.29) is 0 Å². The van der Waals surface area contributed by atoms with Crippen LogP contribution in [0.4, 0.5) is 5.69 Å². The zero-order valence-electron chi connectivity index (χ0n) is 17.2. The van der Waals surface area contributed by atoms with Gasteiger partial charge in [0, 0.05) is 34.0 Å². The van der Waals surface area contributed by atoms with Crippen LogP contribution in [0.2, 0.25) is 0 Å². The van der Waals surface area contributed by atoms with Gasteiger partial charge < -0.3 is 9.69 Å². The van der Waals surface area contributed by atoms with Crippen LogP contribution in [0.1, 0.15) is 62.8 Å². The molecule has 1 atom stereocenters. The number of aryl methyl sites for hydroxylation is 2. The summed E-state index contributed by atoms with van der Waals surface area (Å²) in [6.07, 6.45) is 11.5. The molecule has 27 heavy (non-hydrogen) atoms. The van der Waals surface area contributed by atoms with Gasteiger partial charge in [-0.2, -0.15) is 0 Å². The second-order valence-corrected chi connectivity index (χ2v) is 8.82. The second-order valence-electron chi connectivity index (χ2n) is 6.77. The van der Waals surface area contributed by atoms with Crippen LogP contribution in [0.5, 0.6) is 0 Å². The monoisotopic (exact) mass is 453 g/mol. The van der Waals surface area contributed by atoms with Gasteiger partial charge in [-0.3, -0.25) is 0 Å². The molecule has 0 aliphatic rings. The number of aromatic nitrogens is 1. The van der Waals surface area contributed by atoms with Gasteiger partial charge in [0.2, 0.25) is 0 Å². The van der Waals surface area contributed by atoms with E-state index < -0.39 is 0 Å². The molecule has 0 aromatic carbocycles. The highest BCUT2D eigenvalue weighted by Gasteiger charge is 2.15. The molecule has 0 bridgehead atoms. The molecule has 0 amide bonds. The van der Waals surface area contributed by atoms with E-state index in [4.69, 9.17) is 9.79 Å². The molecule has 0 radical (unpaired) electrons. The lowest BCUT2D eigenvalue weighted by molar-refractivity contribution is -0.0979. The zero-order chi connectivity index (χ0) is 20.4. The number of carbonyl (C=O) groups excluding carboxylic acids is 1. The molecule has 6 heteroatoms. The smallest absolute Gasteiger partial charge is 0.126 e. The number of halogens is 1. The van der Waals surface area contributed by atoms with Gasteiger partial charge in [0.15, 0.2) is 0 Å². The summed E-state index contributed by atoms with van der Waals surface area (Å²) in [7, 11) is 2.17. The number of hydrogen-bond acceptors (Lipinski definition) is 4. The van der Waals surface area contributed by atoms with E-state index in [1.807, 2.05) is 19.3 Å². The van der Waals surface area contributed by atoms with Crippen molar-refractivity contribution in [2.45, 2.75) is 72.3 Å². The lowest BCUT2D eigenvalue weighted by atomic mass is 10.0. The third-order valence-corrected chi connectivity index (χ3v) is 6.57. The summed E-state index contributed by atoms with van der Waals surface area (Å²) in [6, 6.07) is 0.580. The summed E-state index contributed by atoms with van der Waals surface area (Å²) in [6.45, 7) is 10.8. The summed E-state index contributed by atoms with van der Waals surface area (Å²) in [5.41, 5.74) is 2.29. The first-order chi connectivity index (χ1) is 13.0. The Balaban J connectivity index is 0.00000176. The highest BCUT2D eigenvalue weighted by atomic mass is 79.9. The van der Waals surface area contributed by atoms with Crippen molar-refractivity contribution in [3.63, 3.8) is 0 Å². The molecule has 0 aliphatic heterocycles. The molecule has 0 saturated heterocycles. The largest absolute Gasteiger partial charge is 0.363 e. The van der Waals surface area contributed by atoms with E-state index in [2.05, 4.69) is 60.6 Å². The lowest BCUT2D eigenvalue weighted by Gasteiger charge is -2.26. The van der Waals surface area contributed by atoms with Crippen LogP contribution in [0.25, 0.3) is 10.2 Å². The summed E-state index contributed by atoms with van der Waals surface area (Å²) < 4.78 is 1.05. The minimum Gasteiger partial charge on any atom is -0.363 e. The Bertz CT molecular complexity index is 745.